The van der Waals surface area contributed by atoms with Gasteiger partial charge in [-0.1, -0.05) is 41.9 Å². The van der Waals surface area contributed by atoms with Crippen molar-refractivity contribution in [3.05, 3.63) is 95.0 Å². The molecule has 1 atom stereocenters. The third kappa shape index (κ3) is 6.24. The van der Waals surface area contributed by atoms with E-state index in [0.717, 1.165) is 12.1 Å². The molecule has 2 aliphatic rings. The van der Waals surface area contributed by atoms with E-state index in [2.05, 4.69) is 20.2 Å². The Kier molecular flexibility index (Phi) is 8.86. The number of nitrogens with two attached hydrogens (primary N) is 2. The van der Waals surface area contributed by atoms with Gasteiger partial charge in [-0.2, -0.15) is 4.31 Å². The number of piperazine rings is 1. The zero-order valence-electron chi connectivity index (χ0n) is 24.7. The molecule has 2 aliphatic heterocycles. The van der Waals surface area contributed by atoms with E-state index in [1.165, 1.54) is 9.21 Å². The Bertz CT molecular complexity index is 1880. The molecule has 1 aromatic heterocycles. The minimum atomic E-state index is -3.50. The van der Waals surface area contributed by atoms with E-state index < -0.39 is 28.0 Å². The summed E-state index contributed by atoms with van der Waals surface area (Å²) in [4.78, 5) is 36.8. The summed E-state index contributed by atoms with van der Waals surface area (Å²) in [6.07, 6.45) is -0.115. The number of para-hydroxylation sites is 2. The van der Waals surface area contributed by atoms with Crippen LogP contribution in [0.4, 0.5) is 5.69 Å². The van der Waals surface area contributed by atoms with Gasteiger partial charge in [-0.05, 0) is 42.8 Å². The van der Waals surface area contributed by atoms with Gasteiger partial charge in [0.2, 0.25) is 10.0 Å². The van der Waals surface area contributed by atoms with E-state index in [1.54, 1.807) is 48.5 Å². The maximum absolute atomic E-state index is 12.9. The van der Waals surface area contributed by atoms with Crippen molar-refractivity contribution >= 4 is 50.2 Å². The number of aromatic nitrogens is 2. The van der Waals surface area contributed by atoms with Crippen LogP contribution in [0.1, 0.15) is 18.4 Å². The van der Waals surface area contributed by atoms with Gasteiger partial charge >= 0.3 is 0 Å². The number of aromatic amines is 1. The first-order valence-electron chi connectivity index (χ1n) is 14.7. The van der Waals surface area contributed by atoms with E-state index in [-0.39, 0.29) is 16.4 Å². The molecule has 240 valence electrons. The van der Waals surface area contributed by atoms with E-state index in [4.69, 9.17) is 27.8 Å². The highest BCUT2D eigenvalue weighted by molar-refractivity contribution is 7.89. The number of hydrogen-bond acceptors (Lipinski definition) is 9. The lowest BCUT2D eigenvalue weighted by molar-refractivity contribution is -0.117. The average molecular weight is 665 g/mol. The molecule has 0 saturated carbocycles. The summed E-state index contributed by atoms with van der Waals surface area (Å²) in [5, 5.41) is 3.24. The van der Waals surface area contributed by atoms with Crippen LogP contribution in [0.25, 0.3) is 11.0 Å². The first-order valence-corrected chi connectivity index (χ1v) is 16.5. The molecule has 2 amide bonds. The Morgan fingerprint density at radius 1 is 0.957 bits per heavy atom. The van der Waals surface area contributed by atoms with Crippen molar-refractivity contribution in [2.75, 3.05) is 44.2 Å². The van der Waals surface area contributed by atoms with Crippen LogP contribution < -0.4 is 26.4 Å². The highest BCUT2D eigenvalue weighted by atomic mass is 35.5. The molecular weight excluding hydrogens is 632 g/mol. The van der Waals surface area contributed by atoms with Gasteiger partial charge in [0, 0.05) is 38.8 Å². The fourth-order valence-electron chi connectivity index (χ4n) is 5.69. The topological polar surface area (TPSA) is 180 Å². The summed E-state index contributed by atoms with van der Waals surface area (Å²) in [6.45, 7) is 3.26. The Morgan fingerprint density at radius 3 is 2.35 bits per heavy atom. The van der Waals surface area contributed by atoms with E-state index >= 15 is 0 Å². The SMILES string of the molecule is NC(=O)C1=C(C(N)=O)N(c2ccc(OCCCN3CCN(S(=O)(=O)c4ccccc4)CC3)cc2Cl)C(c2nc3ccccc3[nH]2)N1. The molecule has 15 heteroatoms. The van der Waals surface area contributed by atoms with Gasteiger partial charge in [-0.25, -0.2) is 13.4 Å². The van der Waals surface area contributed by atoms with Crippen LogP contribution in [0.5, 0.6) is 5.75 Å². The first-order chi connectivity index (χ1) is 22.1. The fraction of sp³-hybridized carbons (Fsp3) is 0.258. The van der Waals surface area contributed by atoms with Crippen molar-refractivity contribution in [2.24, 2.45) is 11.5 Å². The van der Waals surface area contributed by atoms with Crippen molar-refractivity contribution in [3.8, 4) is 5.75 Å². The molecule has 3 aromatic carbocycles. The monoisotopic (exact) mass is 664 g/mol. The number of imidazole rings is 1. The van der Waals surface area contributed by atoms with Gasteiger partial charge in [0.15, 0.2) is 12.0 Å². The van der Waals surface area contributed by atoms with Crippen molar-refractivity contribution in [2.45, 2.75) is 17.5 Å². The number of amides is 2. The number of fused-ring (bicyclic) bond motifs is 1. The van der Waals surface area contributed by atoms with Crippen LogP contribution in [0.15, 0.2) is 89.1 Å². The Balaban J connectivity index is 1.10. The van der Waals surface area contributed by atoms with Crippen LogP contribution in [-0.4, -0.2) is 78.7 Å². The maximum atomic E-state index is 12.9. The summed E-state index contributed by atoms with van der Waals surface area (Å²) in [5.74, 6) is -0.784. The lowest BCUT2D eigenvalue weighted by Gasteiger charge is -2.33. The Morgan fingerprint density at radius 2 is 1.67 bits per heavy atom. The first kappa shape index (κ1) is 31.4. The second-order valence-electron chi connectivity index (χ2n) is 10.9. The molecule has 3 heterocycles. The number of halogens is 1. The van der Waals surface area contributed by atoms with Gasteiger partial charge in [-0.3, -0.25) is 9.59 Å². The van der Waals surface area contributed by atoms with Crippen LogP contribution in [0.3, 0.4) is 0 Å². The number of primary amides is 2. The van der Waals surface area contributed by atoms with E-state index in [1.807, 2.05) is 24.3 Å². The number of carbonyl (C=O) groups excluding carboxylic acids is 2. The van der Waals surface area contributed by atoms with Crippen molar-refractivity contribution in [1.82, 2.24) is 24.5 Å². The van der Waals surface area contributed by atoms with Gasteiger partial charge < -0.3 is 36.3 Å². The van der Waals surface area contributed by atoms with Crippen molar-refractivity contribution < 1.29 is 22.7 Å². The Hall–Kier alpha value is -4.63. The molecule has 0 bridgehead atoms. The maximum Gasteiger partial charge on any atom is 0.267 e. The number of ether oxygens (including phenoxy) is 1. The van der Waals surface area contributed by atoms with Gasteiger partial charge in [0.05, 0.1) is 33.2 Å². The molecule has 6 rings (SSSR count). The predicted octanol–water partition coefficient (Wildman–Crippen LogP) is 2.28. The smallest absolute Gasteiger partial charge is 0.267 e. The summed E-state index contributed by atoms with van der Waals surface area (Å²) < 4.78 is 33.3. The summed E-state index contributed by atoms with van der Waals surface area (Å²) in [6, 6.07) is 20.9. The molecule has 4 aromatic rings. The molecule has 1 saturated heterocycles. The molecule has 0 aliphatic carbocycles. The molecule has 1 unspecified atom stereocenters. The largest absolute Gasteiger partial charge is 0.493 e. The van der Waals surface area contributed by atoms with Crippen LogP contribution in [-0.2, 0) is 19.6 Å². The second-order valence-corrected chi connectivity index (χ2v) is 13.2. The zero-order chi connectivity index (χ0) is 32.4. The standard InChI is InChI=1S/C31H33ClN8O5S/c32-22-19-20(45-18-6-13-38-14-16-39(17-15-38)46(43,44)21-7-2-1-3-8-21)11-12-25(22)40-27(29(34)42)26(28(33)41)37-31(40)30-35-23-9-4-5-10-24(23)36-30/h1-5,7-12,19,31,37H,6,13-18H2,(H2,33,41)(H2,34,42)(H,35,36). The number of carbonyl (C=O) groups is 2. The average Bonchev–Trinajstić information content (AvgIpc) is 3.66. The fourth-order valence-corrected chi connectivity index (χ4v) is 7.39. The Labute approximate surface area is 270 Å². The molecule has 46 heavy (non-hydrogen) atoms. The number of nitrogens with zero attached hydrogens (tertiary/aromatic N) is 4. The molecule has 6 N–H and O–H groups in total. The molecular formula is C31H33ClN8O5S. The normalized spacial score (nSPS) is 17.8. The lowest BCUT2D eigenvalue weighted by atomic mass is 10.2. The van der Waals surface area contributed by atoms with Crippen LogP contribution in [0, 0.1) is 0 Å². The number of anilines is 1. The van der Waals surface area contributed by atoms with Gasteiger partial charge in [0.25, 0.3) is 11.8 Å². The van der Waals surface area contributed by atoms with Gasteiger partial charge in [-0.15, -0.1) is 0 Å². The minimum absolute atomic E-state index is 0.134. The third-order valence-corrected chi connectivity index (χ3v) is 10.2. The minimum Gasteiger partial charge on any atom is -0.493 e. The number of rotatable bonds is 11. The molecule has 0 spiro atoms. The van der Waals surface area contributed by atoms with E-state index in [0.29, 0.717) is 66.9 Å². The zero-order valence-corrected chi connectivity index (χ0v) is 26.3. The number of benzene rings is 3. The van der Waals surface area contributed by atoms with Gasteiger partial charge in [0.1, 0.15) is 17.1 Å². The number of H-pyrrole nitrogens is 1. The highest BCUT2D eigenvalue weighted by Gasteiger charge is 2.41. The molecule has 0 radical (unpaired) electrons. The third-order valence-electron chi connectivity index (χ3n) is 7.94. The van der Waals surface area contributed by atoms with E-state index in [9.17, 15) is 18.0 Å². The number of nitrogens with one attached hydrogen (secondary N) is 2. The number of sulfonamides is 1. The van der Waals surface area contributed by atoms with Crippen molar-refractivity contribution in [1.29, 1.82) is 0 Å². The molecule has 1 fully saturated rings. The van der Waals surface area contributed by atoms with Crippen LogP contribution >= 0.6 is 11.6 Å². The van der Waals surface area contributed by atoms with Crippen LogP contribution in [0.2, 0.25) is 5.02 Å². The van der Waals surface area contributed by atoms with Crippen molar-refractivity contribution in [3.63, 3.8) is 0 Å². The lowest BCUT2D eigenvalue weighted by Crippen LogP contribution is -2.48. The number of hydrogen-bond donors (Lipinski definition) is 4. The summed E-state index contributed by atoms with van der Waals surface area (Å²) >= 11 is 6.73. The summed E-state index contributed by atoms with van der Waals surface area (Å²) in [7, 11) is -3.50. The predicted molar refractivity (Wildman–Crippen MR) is 173 cm³/mol. The second kappa shape index (κ2) is 13.0. The quantitative estimate of drug-likeness (QED) is 0.175. The highest BCUT2D eigenvalue weighted by Crippen LogP contribution is 2.40. The molecule has 13 nitrogen and oxygen atoms in total. The summed E-state index contributed by atoms with van der Waals surface area (Å²) in [5.41, 5.74) is 12.9.